The summed E-state index contributed by atoms with van der Waals surface area (Å²) in [5, 5.41) is 3.41. The van der Waals surface area contributed by atoms with Crippen LogP contribution in [0.5, 0.6) is 0 Å². The monoisotopic (exact) mass is 408 g/mol. The van der Waals surface area contributed by atoms with Crippen molar-refractivity contribution in [2.24, 2.45) is 0 Å². The van der Waals surface area contributed by atoms with Gasteiger partial charge in [-0.05, 0) is 17.0 Å². The highest BCUT2D eigenvalue weighted by Gasteiger charge is 2.29. The predicted octanol–water partition coefficient (Wildman–Crippen LogP) is 1.58. The largest absolute Gasteiger partial charge is 0.452 e. The van der Waals surface area contributed by atoms with Gasteiger partial charge in [-0.3, -0.25) is 4.79 Å². The van der Waals surface area contributed by atoms with Crippen molar-refractivity contribution in [2.45, 2.75) is 5.75 Å². The number of hydrogen-bond donors (Lipinski definition) is 0. The highest BCUT2D eigenvalue weighted by atomic mass is 32.2. The zero-order chi connectivity index (χ0) is 19.3. The van der Waals surface area contributed by atoms with E-state index in [1.165, 1.54) is 20.5 Å². The number of esters is 1. The first-order chi connectivity index (χ1) is 13.0. The Balaban J connectivity index is 1.48. The second kappa shape index (κ2) is 8.64. The average molecular weight is 409 g/mol. The number of sulfonamides is 1. The smallest absolute Gasteiger partial charge is 0.339 e. The second-order valence-electron chi connectivity index (χ2n) is 6.11. The molecule has 0 unspecified atom stereocenters. The second-order valence-corrected chi connectivity index (χ2v) is 8.86. The molecule has 1 aromatic carbocycles. The number of carbonyl (C=O) groups excluding carboxylic acids is 2. The molecule has 2 heterocycles. The predicted molar refractivity (Wildman–Crippen MR) is 102 cm³/mol. The van der Waals surface area contributed by atoms with Crippen LogP contribution in [0.1, 0.15) is 15.9 Å². The molecule has 0 N–H and O–H groups in total. The molecule has 3 rings (SSSR count). The summed E-state index contributed by atoms with van der Waals surface area (Å²) in [6, 6.07) is 10.6. The molecule has 7 nitrogen and oxygen atoms in total. The van der Waals surface area contributed by atoms with Crippen LogP contribution in [0.2, 0.25) is 0 Å². The molecule has 0 bridgehead atoms. The summed E-state index contributed by atoms with van der Waals surface area (Å²) in [7, 11) is -3.43. The van der Waals surface area contributed by atoms with Gasteiger partial charge in [0.1, 0.15) is 0 Å². The molecule has 1 aromatic heterocycles. The maximum absolute atomic E-state index is 12.5. The summed E-state index contributed by atoms with van der Waals surface area (Å²) >= 11 is 1.37. The van der Waals surface area contributed by atoms with Crippen LogP contribution in [0.4, 0.5) is 0 Å². The molecule has 1 saturated heterocycles. The molecule has 0 spiro atoms. The topological polar surface area (TPSA) is 84.0 Å². The van der Waals surface area contributed by atoms with Crippen molar-refractivity contribution >= 4 is 33.2 Å². The third-order valence-corrected chi connectivity index (χ3v) is 6.79. The number of rotatable bonds is 6. The molecule has 0 radical (unpaired) electrons. The Morgan fingerprint density at radius 2 is 1.74 bits per heavy atom. The standard InChI is InChI=1S/C18H20N2O5S2/c21-17(12-25-18(22)16-6-11-26-13-16)19-7-9-20(10-8-19)27(23,24)14-15-4-2-1-3-5-15/h1-6,11,13H,7-10,12,14H2. The molecular formula is C18H20N2O5S2. The van der Waals surface area contributed by atoms with E-state index in [9.17, 15) is 18.0 Å². The van der Waals surface area contributed by atoms with Crippen molar-refractivity contribution in [2.75, 3.05) is 32.8 Å². The first kappa shape index (κ1) is 19.5. The van der Waals surface area contributed by atoms with Crippen molar-refractivity contribution in [1.82, 2.24) is 9.21 Å². The fourth-order valence-electron chi connectivity index (χ4n) is 2.77. The van der Waals surface area contributed by atoms with Crippen LogP contribution in [0.15, 0.2) is 47.2 Å². The summed E-state index contributed by atoms with van der Waals surface area (Å²) in [4.78, 5) is 25.5. The van der Waals surface area contributed by atoms with E-state index in [0.29, 0.717) is 5.56 Å². The molecule has 0 atom stereocenters. The Morgan fingerprint density at radius 3 is 2.37 bits per heavy atom. The Morgan fingerprint density at radius 1 is 1.04 bits per heavy atom. The quantitative estimate of drug-likeness (QED) is 0.678. The van der Waals surface area contributed by atoms with E-state index in [4.69, 9.17) is 4.74 Å². The molecule has 1 aliphatic heterocycles. The fourth-order valence-corrected chi connectivity index (χ4v) is 4.92. The number of carbonyl (C=O) groups is 2. The van der Waals surface area contributed by atoms with Crippen molar-refractivity contribution in [1.29, 1.82) is 0 Å². The van der Waals surface area contributed by atoms with Crippen molar-refractivity contribution < 1.29 is 22.7 Å². The molecule has 0 saturated carbocycles. The molecule has 1 fully saturated rings. The number of amides is 1. The minimum Gasteiger partial charge on any atom is -0.452 e. The lowest BCUT2D eigenvalue weighted by Crippen LogP contribution is -2.51. The van der Waals surface area contributed by atoms with E-state index in [2.05, 4.69) is 0 Å². The summed E-state index contributed by atoms with van der Waals surface area (Å²) in [6.07, 6.45) is 0. The maximum atomic E-state index is 12.5. The first-order valence-electron chi connectivity index (χ1n) is 8.44. The van der Waals surface area contributed by atoms with E-state index < -0.39 is 16.0 Å². The van der Waals surface area contributed by atoms with Gasteiger partial charge in [-0.1, -0.05) is 30.3 Å². The van der Waals surface area contributed by atoms with Crippen LogP contribution in [0.25, 0.3) is 0 Å². The average Bonchev–Trinajstić information content (AvgIpc) is 3.21. The van der Waals surface area contributed by atoms with E-state index in [1.807, 2.05) is 6.07 Å². The highest BCUT2D eigenvalue weighted by molar-refractivity contribution is 7.88. The van der Waals surface area contributed by atoms with Crippen molar-refractivity contribution in [3.05, 3.63) is 58.3 Å². The molecule has 1 amide bonds. The van der Waals surface area contributed by atoms with Crippen LogP contribution in [-0.4, -0.2) is 62.3 Å². The van der Waals surface area contributed by atoms with Crippen molar-refractivity contribution in [3.63, 3.8) is 0 Å². The first-order valence-corrected chi connectivity index (χ1v) is 11.0. The molecule has 9 heteroatoms. The van der Waals surface area contributed by atoms with E-state index in [0.717, 1.165) is 5.56 Å². The molecular weight excluding hydrogens is 388 g/mol. The third kappa shape index (κ3) is 5.15. The van der Waals surface area contributed by atoms with Gasteiger partial charge in [-0.25, -0.2) is 13.2 Å². The van der Waals surface area contributed by atoms with Gasteiger partial charge >= 0.3 is 5.97 Å². The highest BCUT2D eigenvalue weighted by Crippen LogP contribution is 2.14. The zero-order valence-electron chi connectivity index (χ0n) is 14.6. The van der Waals surface area contributed by atoms with Crippen LogP contribution in [-0.2, 0) is 25.3 Å². The number of ether oxygens (including phenoxy) is 1. The van der Waals surface area contributed by atoms with Crippen LogP contribution < -0.4 is 0 Å². The number of nitrogens with zero attached hydrogens (tertiary/aromatic N) is 2. The SMILES string of the molecule is O=C(OCC(=O)N1CCN(S(=O)(=O)Cc2ccccc2)CC1)c1ccsc1. The van der Waals surface area contributed by atoms with Gasteiger partial charge in [-0.15, -0.1) is 0 Å². The Labute approximate surface area is 162 Å². The van der Waals surface area contributed by atoms with E-state index >= 15 is 0 Å². The number of thiophene rings is 1. The van der Waals surface area contributed by atoms with Gasteiger partial charge in [0, 0.05) is 31.6 Å². The van der Waals surface area contributed by atoms with Gasteiger partial charge in [-0.2, -0.15) is 15.6 Å². The third-order valence-electron chi connectivity index (χ3n) is 4.26. The molecule has 27 heavy (non-hydrogen) atoms. The minimum atomic E-state index is -3.43. The summed E-state index contributed by atoms with van der Waals surface area (Å²) in [6.45, 7) is 0.690. The van der Waals surface area contributed by atoms with Crippen molar-refractivity contribution in [3.8, 4) is 0 Å². The zero-order valence-corrected chi connectivity index (χ0v) is 16.2. The lowest BCUT2D eigenvalue weighted by atomic mass is 10.2. The van der Waals surface area contributed by atoms with E-state index in [1.54, 1.807) is 41.1 Å². The van der Waals surface area contributed by atoms with Gasteiger partial charge < -0.3 is 9.64 Å². The summed E-state index contributed by atoms with van der Waals surface area (Å²) in [5.74, 6) is -0.910. The van der Waals surface area contributed by atoms with Crippen LogP contribution in [0, 0.1) is 0 Å². The molecule has 144 valence electrons. The van der Waals surface area contributed by atoms with Gasteiger partial charge in [0.2, 0.25) is 10.0 Å². The summed E-state index contributed by atoms with van der Waals surface area (Å²) in [5.41, 5.74) is 1.15. The van der Waals surface area contributed by atoms with Gasteiger partial charge in [0.05, 0.1) is 11.3 Å². The van der Waals surface area contributed by atoms with E-state index in [-0.39, 0.29) is 44.4 Å². The number of hydrogen-bond acceptors (Lipinski definition) is 6. The Bertz CT molecular complexity index is 874. The van der Waals surface area contributed by atoms with Gasteiger partial charge in [0.15, 0.2) is 6.61 Å². The number of benzene rings is 1. The van der Waals surface area contributed by atoms with Gasteiger partial charge in [0.25, 0.3) is 5.91 Å². The molecule has 2 aromatic rings. The van der Waals surface area contributed by atoms with Crippen LogP contribution in [0.3, 0.4) is 0 Å². The maximum Gasteiger partial charge on any atom is 0.339 e. The Hall–Kier alpha value is -2.23. The molecule has 0 aliphatic carbocycles. The summed E-state index contributed by atoms with van der Waals surface area (Å²) < 4.78 is 31.5. The number of piperazine rings is 1. The fraction of sp³-hybridized carbons (Fsp3) is 0.333. The normalized spacial score (nSPS) is 15.5. The van der Waals surface area contributed by atoms with Crippen LogP contribution >= 0.6 is 11.3 Å². The molecule has 1 aliphatic rings. The lowest BCUT2D eigenvalue weighted by molar-refractivity contribution is -0.135. The Kier molecular flexibility index (Phi) is 6.25. The minimum absolute atomic E-state index is 0.0555. The lowest BCUT2D eigenvalue weighted by Gasteiger charge is -2.33.